The zero-order chi connectivity index (χ0) is 15.2. The molecule has 0 fully saturated rings. The fourth-order valence-corrected chi connectivity index (χ4v) is 2.37. The van der Waals surface area contributed by atoms with E-state index in [0.717, 1.165) is 17.1 Å². The van der Waals surface area contributed by atoms with Gasteiger partial charge >= 0.3 is 0 Å². The molecule has 1 amide bonds. The average molecular weight is 292 g/mol. The minimum Gasteiger partial charge on any atom is -0.486 e. The van der Waals surface area contributed by atoms with E-state index in [9.17, 15) is 4.79 Å². The zero-order valence-electron chi connectivity index (χ0n) is 12.9. The summed E-state index contributed by atoms with van der Waals surface area (Å²) >= 11 is 0. The van der Waals surface area contributed by atoms with E-state index in [-0.39, 0.29) is 11.9 Å². The van der Waals surface area contributed by atoms with E-state index in [4.69, 9.17) is 9.47 Å². The normalized spacial score (nSPS) is 14.9. The quantitative estimate of drug-likeness (QED) is 0.840. The highest BCUT2D eigenvalue weighted by Gasteiger charge is 2.21. The third kappa shape index (κ3) is 4.11. The number of rotatable bonds is 6. The molecule has 1 aromatic rings. The van der Waals surface area contributed by atoms with Crippen molar-refractivity contribution in [2.24, 2.45) is 5.92 Å². The van der Waals surface area contributed by atoms with Crippen LogP contribution in [0.15, 0.2) is 18.2 Å². The first-order valence-electron chi connectivity index (χ1n) is 7.45. The van der Waals surface area contributed by atoms with E-state index < -0.39 is 0 Å². The molecule has 1 aliphatic heterocycles. The maximum atomic E-state index is 12.0. The molecular weight excluding hydrogens is 268 g/mol. The number of nitrogens with one attached hydrogen (secondary N) is 2. The molecular formula is C16H24N2O3. The van der Waals surface area contributed by atoms with Crippen LogP contribution in [-0.2, 0) is 4.79 Å². The molecule has 1 aliphatic rings. The predicted molar refractivity (Wildman–Crippen MR) is 81.7 cm³/mol. The lowest BCUT2D eigenvalue weighted by Gasteiger charge is -2.25. The highest BCUT2D eigenvalue weighted by atomic mass is 16.6. The first-order valence-corrected chi connectivity index (χ1v) is 7.45. The second-order valence-corrected chi connectivity index (χ2v) is 5.55. The lowest BCUT2D eigenvalue weighted by Crippen LogP contribution is -2.33. The highest BCUT2D eigenvalue weighted by Crippen LogP contribution is 2.34. The Balaban J connectivity index is 2.12. The van der Waals surface area contributed by atoms with Crippen molar-refractivity contribution in [2.75, 3.05) is 26.8 Å². The maximum Gasteiger partial charge on any atom is 0.221 e. The van der Waals surface area contributed by atoms with E-state index in [1.807, 2.05) is 25.2 Å². The van der Waals surface area contributed by atoms with Gasteiger partial charge < -0.3 is 20.1 Å². The van der Waals surface area contributed by atoms with E-state index in [2.05, 4.69) is 24.5 Å². The first-order chi connectivity index (χ1) is 10.1. The van der Waals surface area contributed by atoms with Gasteiger partial charge in [-0.2, -0.15) is 0 Å². The van der Waals surface area contributed by atoms with Gasteiger partial charge in [-0.3, -0.25) is 4.79 Å². The summed E-state index contributed by atoms with van der Waals surface area (Å²) < 4.78 is 11.1. The fourth-order valence-electron chi connectivity index (χ4n) is 2.37. The standard InChI is InChI=1S/C16H24N2O3/c1-11(2)16(18-15(19)6-7-17-3)12-4-5-13-14(10-12)21-9-8-20-13/h4-5,10-11,16-17H,6-9H2,1-3H3,(H,18,19). The number of hydrogen-bond donors (Lipinski definition) is 2. The Morgan fingerprint density at radius 1 is 1.24 bits per heavy atom. The van der Waals surface area contributed by atoms with Crippen molar-refractivity contribution in [1.29, 1.82) is 0 Å². The number of hydrogen-bond acceptors (Lipinski definition) is 4. The molecule has 0 radical (unpaired) electrons. The van der Waals surface area contributed by atoms with Gasteiger partial charge in [0.05, 0.1) is 6.04 Å². The number of carbonyl (C=O) groups excluding carboxylic acids is 1. The first kappa shape index (κ1) is 15.6. The molecule has 2 N–H and O–H groups in total. The van der Waals surface area contributed by atoms with E-state index in [0.29, 0.717) is 32.1 Å². The van der Waals surface area contributed by atoms with Crippen molar-refractivity contribution < 1.29 is 14.3 Å². The van der Waals surface area contributed by atoms with Crippen LogP contribution in [0.1, 0.15) is 31.9 Å². The van der Waals surface area contributed by atoms with Gasteiger partial charge in [-0.15, -0.1) is 0 Å². The minimum absolute atomic E-state index is 0.0230. The topological polar surface area (TPSA) is 59.6 Å². The summed E-state index contributed by atoms with van der Waals surface area (Å²) in [6.07, 6.45) is 0.476. The van der Waals surface area contributed by atoms with E-state index in [1.54, 1.807) is 0 Å². The molecule has 1 unspecified atom stereocenters. The van der Waals surface area contributed by atoms with Crippen LogP contribution in [-0.4, -0.2) is 32.7 Å². The van der Waals surface area contributed by atoms with Crippen LogP contribution >= 0.6 is 0 Å². The van der Waals surface area contributed by atoms with Crippen LogP contribution in [0.4, 0.5) is 0 Å². The van der Waals surface area contributed by atoms with Crippen LogP contribution in [0.25, 0.3) is 0 Å². The summed E-state index contributed by atoms with van der Waals surface area (Å²) in [6.45, 7) is 6.02. The van der Waals surface area contributed by atoms with Crippen LogP contribution in [0, 0.1) is 5.92 Å². The molecule has 5 heteroatoms. The van der Waals surface area contributed by atoms with Crippen LogP contribution in [0.5, 0.6) is 11.5 Å². The van der Waals surface area contributed by atoms with Gasteiger partial charge in [0.15, 0.2) is 11.5 Å². The Bertz CT molecular complexity index is 488. The van der Waals surface area contributed by atoms with Crippen molar-refractivity contribution in [3.63, 3.8) is 0 Å². The SMILES string of the molecule is CNCCC(=O)NC(c1ccc2c(c1)OCCO2)C(C)C. The van der Waals surface area contributed by atoms with Crippen molar-refractivity contribution in [3.8, 4) is 11.5 Å². The summed E-state index contributed by atoms with van der Waals surface area (Å²) in [6, 6.07) is 5.86. The van der Waals surface area contributed by atoms with Crippen LogP contribution in [0.2, 0.25) is 0 Å². The largest absolute Gasteiger partial charge is 0.486 e. The van der Waals surface area contributed by atoms with Crippen molar-refractivity contribution >= 4 is 5.91 Å². The summed E-state index contributed by atoms with van der Waals surface area (Å²) in [5, 5.41) is 6.08. The molecule has 0 aliphatic carbocycles. The third-order valence-electron chi connectivity index (χ3n) is 3.51. The van der Waals surface area contributed by atoms with Gasteiger partial charge in [0.25, 0.3) is 0 Å². The highest BCUT2D eigenvalue weighted by molar-refractivity contribution is 5.76. The van der Waals surface area contributed by atoms with Gasteiger partial charge in [-0.05, 0) is 30.7 Å². The Hall–Kier alpha value is -1.75. The molecule has 0 bridgehead atoms. The minimum atomic E-state index is -0.0230. The molecule has 0 spiro atoms. The van der Waals surface area contributed by atoms with E-state index >= 15 is 0 Å². The number of benzene rings is 1. The molecule has 0 saturated carbocycles. The van der Waals surface area contributed by atoms with E-state index in [1.165, 1.54) is 0 Å². The Morgan fingerprint density at radius 2 is 1.95 bits per heavy atom. The lowest BCUT2D eigenvalue weighted by molar-refractivity contribution is -0.122. The molecule has 5 nitrogen and oxygen atoms in total. The molecule has 21 heavy (non-hydrogen) atoms. The van der Waals surface area contributed by atoms with Crippen molar-refractivity contribution in [2.45, 2.75) is 26.3 Å². The maximum absolute atomic E-state index is 12.0. The molecule has 0 saturated heterocycles. The van der Waals surface area contributed by atoms with Gasteiger partial charge in [0.1, 0.15) is 13.2 Å². The summed E-state index contributed by atoms with van der Waals surface area (Å²) in [7, 11) is 1.84. The Morgan fingerprint density at radius 3 is 2.62 bits per heavy atom. The molecule has 1 aromatic carbocycles. The van der Waals surface area contributed by atoms with Gasteiger partial charge in [-0.25, -0.2) is 0 Å². The van der Waals surface area contributed by atoms with Crippen LogP contribution < -0.4 is 20.1 Å². The summed E-state index contributed by atoms with van der Waals surface area (Å²) in [5.74, 6) is 1.88. The second-order valence-electron chi connectivity index (χ2n) is 5.55. The number of amides is 1. The van der Waals surface area contributed by atoms with Gasteiger partial charge in [-0.1, -0.05) is 19.9 Å². The second kappa shape index (κ2) is 7.31. The Kier molecular flexibility index (Phi) is 5.44. The van der Waals surface area contributed by atoms with Crippen molar-refractivity contribution in [3.05, 3.63) is 23.8 Å². The molecule has 0 aromatic heterocycles. The zero-order valence-corrected chi connectivity index (χ0v) is 12.9. The predicted octanol–water partition coefficient (Wildman–Crippen LogP) is 1.88. The average Bonchev–Trinajstić information content (AvgIpc) is 2.49. The van der Waals surface area contributed by atoms with Crippen LogP contribution in [0.3, 0.4) is 0 Å². The van der Waals surface area contributed by atoms with Gasteiger partial charge in [0.2, 0.25) is 5.91 Å². The third-order valence-corrected chi connectivity index (χ3v) is 3.51. The summed E-state index contributed by atoms with van der Waals surface area (Å²) in [5.41, 5.74) is 1.05. The van der Waals surface area contributed by atoms with Gasteiger partial charge in [0, 0.05) is 13.0 Å². The number of fused-ring (bicyclic) bond motifs is 1. The summed E-state index contributed by atoms with van der Waals surface area (Å²) in [4.78, 5) is 12.0. The lowest BCUT2D eigenvalue weighted by atomic mass is 9.95. The molecule has 116 valence electrons. The molecule has 2 rings (SSSR count). The number of carbonyl (C=O) groups is 1. The molecule has 1 heterocycles. The number of ether oxygens (including phenoxy) is 2. The Labute approximate surface area is 126 Å². The van der Waals surface area contributed by atoms with Crippen molar-refractivity contribution in [1.82, 2.24) is 10.6 Å². The fraction of sp³-hybridized carbons (Fsp3) is 0.562. The monoisotopic (exact) mass is 292 g/mol. The smallest absolute Gasteiger partial charge is 0.221 e. The molecule has 1 atom stereocenters.